The van der Waals surface area contributed by atoms with Crippen molar-refractivity contribution in [3.05, 3.63) is 41.7 Å². The zero-order chi connectivity index (χ0) is 14.1. The molecular weight excluding hydrogens is 250 g/mol. The summed E-state index contributed by atoms with van der Waals surface area (Å²) in [5.74, 6) is 3.12. The molecule has 0 amide bonds. The molecule has 0 saturated carbocycles. The van der Waals surface area contributed by atoms with Crippen LogP contribution in [0.15, 0.2) is 24.5 Å². The first-order valence-corrected chi connectivity index (χ1v) is 7.24. The first-order chi connectivity index (χ1) is 9.68. The molecule has 2 atom stereocenters. The summed E-state index contributed by atoms with van der Waals surface area (Å²) < 4.78 is 2.28. The van der Waals surface area contributed by atoms with Crippen LogP contribution in [0.5, 0.6) is 0 Å². The standard InChI is InChI=1S/C15H21N5/c1-10(2)11(3)14-18-19-15-13(17-8-9-20(14)15)12-4-6-16-7-5-12/h4-7,10-11,13,17H,8-9H2,1-3H3. The van der Waals surface area contributed by atoms with E-state index in [2.05, 4.69) is 45.8 Å². The fourth-order valence-electron chi connectivity index (χ4n) is 2.64. The van der Waals surface area contributed by atoms with Gasteiger partial charge in [0.15, 0.2) is 5.82 Å². The SMILES string of the molecule is CC(C)C(C)c1nnc2n1CCNC2c1ccncc1. The molecule has 0 saturated heterocycles. The normalized spacial score (nSPS) is 19.9. The molecule has 0 fully saturated rings. The summed E-state index contributed by atoms with van der Waals surface area (Å²) in [5.41, 5.74) is 1.19. The van der Waals surface area contributed by atoms with Crippen molar-refractivity contribution in [1.82, 2.24) is 25.1 Å². The Balaban J connectivity index is 1.99. The first kappa shape index (κ1) is 13.2. The van der Waals surface area contributed by atoms with Crippen molar-refractivity contribution < 1.29 is 0 Å². The highest BCUT2D eigenvalue weighted by atomic mass is 15.3. The van der Waals surface area contributed by atoms with E-state index >= 15 is 0 Å². The van der Waals surface area contributed by atoms with Crippen LogP contribution in [0.3, 0.4) is 0 Å². The number of hydrogen-bond acceptors (Lipinski definition) is 4. The van der Waals surface area contributed by atoms with Crippen molar-refractivity contribution in [3.8, 4) is 0 Å². The van der Waals surface area contributed by atoms with E-state index in [4.69, 9.17) is 0 Å². The van der Waals surface area contributed by atoms with Crippen molar-refractivity contribution in [2.45, 2.75) is 39.3 Å². The Morgan fingerprint density at radius 3 is 2.65 bits per heavy atom. The minimum absolute atomic E-state index is 0.118. The van der Waals surface area contributed by atoms with E-state index in [1.54, 1.807) is 0 Å². The molecule has 0 bridgehead atoms. The summed E-state index contributed by atoms with van der Waals surface area (Å²) in [6.07, 6.45) is 3.65. The number of pyridine rings is 1. The van der Waals surface area contributed by atoms with Gasteiger partial charge in [0.2, 0.25) is 0 Å². The molecule has 0 radical (unpaired) electrons. The van der Waals surface area contributed by atoms with Gasteiger partial charge in [-0.25, -0.2) is 0 Å². The van der Waals surface area contributed by atoms with E-state index in [1.807, 2.05) is 24.5 Å². The third-order valence-electron chi connectivity index (χ3n) is 4.20. The van der Waals surface area contributed by atoms with Gasteiger partial charge in [-0.15, -0.1) is 10.2 Å². The Kier molecular flexibility index (Phi) is 3.53. The highest BCUT2D eigenvalue weighted by Gasteiger charge is 2.28. The van der Waals surface area contributed by atoms with Crippen LogP contribution < -0.4 is 5.32 Å². The minimum Gasteiger partial charge on any atom is -0.312 e. The van der Waals surface area contributed by atoms with Crippen LogP contribution in [0.1, 0.15) is 49.9 Å². The molecule has 0 aromatic carbocycles. The Bertz CT molecular complexity index is 575. The summed E-state index contributed by atoms with van der Waals surface area (Å²) in [6.45, 7) is 8.57. The van der Waals surface area contributed by atoms with Crippen molar-refractivity contribution in [3.63, 3.8) is 0 Å². The Morgan fingerprint density at radius 2 is 1.95 bits per heavy atom. The summed E-state index contributed by atoms with van der Waals surface area (Å²) in [5, 5.41) is 12.4. The molecule has 1 aliphatic rings. The van der Waals surface area contributed by atoms with E-state index < -0.39 is 0 Å². The van der Waals surface area contributed by atoms with Gasteiger partial charge in [0.1, 0.15) is 5.82 Å². The predicted octanol–water partition coefficient (Wildman–Crippen LogP) is 2.13. The quantitative estimate of drug-likeness (QED) is 0.929. The summed E-state index contributed by atoms with van der Waals surface area (Å²) >= 11 is 0. The van der Waals surface area contributed by atoms with Gasteiger partial charge in [-0.3, -0.25) is 4.98 Å². The van der Waals surface area contributed by atoms with E-state index in [9.17, 15) is 0 Å². The van der Waals surface area contributed by atoms with Crippen LogP contribution in [0.25, 0.3) is 0 Å². The number of hydrogen-bond donors (Lipinski definition) is 1. The summed E-state index contributed by atoms with van der Waals surface area (Å²) in [6, 6.07) is 4.19. The number of aromatic nitrogens is 4. The lowest BCUT2D eigenvalue weighted by molar-refractivity contribution is 0.421. The second-order valence-corrected chi connectivity index (χ2v) is 5.77. The Labute approximate surface area is 119 Å². The monoisotopic (exact) mass is 271 g/mol. The molecule has 2 aromatic rings. The van der Waals surface area contributed by atoms with E-state index in [0.717, 1.165) is 24.7 Å². The molecule has 1 aliphatic heterocycles. The molecule has 3 rings (SSSR count). The Hall–Kier alpha value is -1.75. The second-order valence-electron chi connectivity index (χ2n) is 5.77. The number of rotatable bonds is 3. The first-order valence-electron chi connectivity index (χ1n) is 7.24. The topological polar surface area (TPSA) is 55.6 Å². The highest BCUT2D eigenvalue weighted by molar-refractivity contribution is 5.24. The maximum Gasteiger partial charge on any atom is 0.154 e. The molecule has 2 aromatic heterocycles. The lowest BCUT2D eigenvalue weighted by Crippen LogP contribution is -2.35. The molecular formula is C15H21N5. The third kappa shape index (κ3) is 2.22. The van der Waals surface area contributed by atoms with Crippen LogP contribution in [-0.2, 0) is 6.54 Å². The molecule has 0 aliphatic carbocycles. The van der Waals surface area contributed by atoms with Gasteiger partial charge in [-0.05, 0) is 23.6 Å². The van der Waals surface area contributed by atoms with Gasteiger partial charge in [-0.2, -0.15) is 0 Å². The smallest absolute Gasteiger partial charge is 0.154 e. The van der Waals surface area contributed by atoms with Crippen molar-refractivity contribution in [1.29, 1.82) is 0 Å². The second kappa shape index (κ2) is 5.32. The molecule has 20 heavy (non-hydrogen) atoms. The maximum absolute atomic E-state index is 4.45. The van der Waals surface area contributed by atoms with Gasteiger partial charge in [-0.1, -0.05) is 20.8 Å². The number of nitrogens with one attached hydrogen (secondary N) is 1. The predicted molar refractivity (Wildman–Crippen MR) is 77.4 cm³/mol. The minimum atomic E-state index is 0.118. The fourth-order valence-corrected chi connectivity index (χ4v) is 2.64. The molecule has 106 valence electrons. The van der Waals surface area contributed by atoms with Crippen LogP contribution in [0.4, 0.5) is 0 Å². The van der Waals surface area contributed by atoms with Crippen LogP contribution in [0, 0.1) is 5.92 Å². The summed E-state index contributed by atoms with van der Waals surface area (Å²) in [7, 11) is 0. The lowest BCUT2D eigenvalue weighted by atomic mass is 9.97. The van der Waals surface area contributed by atoms with Crippen LogP contribution in [-0.4, -0.2) is 26.3 Å². The Morgan fingerprint density at radius 1 is 1.20 bits per heavy atom. The zero-order valence-corrected chi connectivity index (χ0v) is 12.2. The molecule has 2 unspecified atom stereocenters. The van der Waals surface area contributed by atoms with Gasteiger partial charge in [0.25, 0.3) is 0 Å². The third-order valence-corrected chi connectivity index (χ3v) is 4.20. The van der Waals surface area contributed by atoms with E-state index in [0.29, 0.717) is 11.8 Å². The molecule has 5 nitrogen and oxygen atoms in total. The molecule has 0 spiro atoms. The fraction of sp³-hybridized carbons (Fsp3) is 0.533. The highest BCUT2D eigenvalue weighted by Crippen LogP contribution is 2.28. The van der Waals surface area contributed by atoms with E-state index in [1.165, 1.54) is 5.56 Å². The average molecular weight is 271 g/mol. The van der Waals surface area contributed by atoms with Gasteiger partial charge >= 0.3 is 0 Å². The van der Waals surface area contributed by atoms with Crippen molar-refractivity contribution in [2.75, 3.05) is 6.54 Å². The van der Waals surface area contributed by atoms with Crippen molar-refractivity contribution >= 4 is 0 Å². The lowest BCUT2D eigenvalue weighted by Gasteiger charge is -2.26. The van der Waals surface area contributed by atoms with Crippen LogP contribution in [0.2, 0.25) is 0 Å². The van der Waals surface area contributed by atoms with Gasteiger partial charge in [0.05, 0.1) is 6.04 Å². The molecule has 5 heteroatoms. The maximum atomic E-state index is 4.45. The van der Waals surface area contributed by atoms with Crippen molar-refractivity contribution in [2.24, 2.45) is 5.92 Å². The van der Waals surface area contributed by atoms with Crippen LogP contribution >= 0.6 is 0 Å². The summed E-state index contributed by atoms with van der Waals surface area (Å²) in [4.78, 5) is 4.08. The number of fused-ring (bicyclic) bond motifs is 1. The largest absolute Gasteiger partial charge is 0.312 e. The van der Waals surface area contributed by atoms with Gasteiger partial charge < -0.3 is 9.88 Å². The number of nitrogens with zero attached hydrogens (tertiary/aromatic N) is 4. The average Bonchev–Trinajstić information content (AvgIpc) is 2.91. The van der Waals surface area contributed by atoms with Gasteiger partial charge in [0, 0.05) is 31.4 Å². The van der Waals surface area contributed by atoms with E-state index in [-0.39, 0.29) is 6.04 Å². The molecule has 1 N–H and O–H groups in total. The molecule has 3 heterocycles. The zero-order valence-electron chi connectivity index (χ0n) is 12.2.